The van der Waals surface area contributed by atoms with Crippen molar-refractivity contribution in [1.29, 1.82) is 0 Å². The lowest BCUT2D eigenvalue weighted by molar-refractivity contribution is -0.137. The summed E-state index contributed by atoms with van der Waals surface area (Å²) in [6, 6.07) is 2.10. The van der Waals surface area contributed by atoms with Crippen molar-refractivity contribution in [2.45, 2.75) is 19.5 Å². The lowest BCUT2D eigenvalue weighted by atomic mass is 10.3. The summed E-state index contributed by atoms with van der Waals surface area (Å²) in [6.07, 6.45) is -2.76. The highest BCUT2D eigenvalue weighted by molar-refractivity contribution is 14.0. The molecule has 21 heavy (non-hydrogen) atoms. The number of ether oxygens (including phenoxy) is 1. The van der Waals surface area contributed by atoms with Crippen molar-refractivity contribution in [2.24, 2.45) is 10.7 Å². The standard InChI is InChI=1S/C12H17F3N4O.HI/c1-2-5-17-11(16)18-6-7-20-10-4-3-9(8-19-10)12(13,14)15;/h3-4,8H,2,5-7H2,1H3,(H3,16,17,18);1H. The van der Waals surface area contributed by atoms with Crippen LogP contribution in [0, 0.1) is 0 Å². The molecule has 9 heteroatoms. The first-order valence-corrected chi connectivity index (χ1v) is 6.13. The van der Waals surface area contributed by atoms with E-state index in [1.165, 1.54) is 6.07 Å². The van der Waals surface area contributed by atoms with Crippen LogP contribution in [-0.4, -0.2) is 30.6 Å². The number of pyridine rings is 1. The fourth-order valence-electron chi connectivity index (χ4n) is 1.26. The molecular formula is C12H18F3IN4O. The Morgan fingerprint density at radius 3 is 2.67 bits per heavy atom. The predicted molar refractivity (Wildman–Crippen MR) is 84.9 cm³/mol. The van der Waals surface area contributed by atoms with Crippen LogP contribution in [0.1, 0.15) is 18.9 Å². The second-order valence-electron chi connectivity index (χ2n) is 3.93. The molecule has 0 atom stereocenters. The number of rotatable bonds is 6. The van der Waals surface area contributed by atoms with Gasteiger partial charge in [0.1, 0.15) is 6.61 Å². The topological polar surface area (TPSA) is 72.5 Å². The van der Waals surface area contributed by atoms with Crippen molar-refractivity contribution >= 4 is 29.9 Å². The highest BCUT2D eigenvalue weighted by atomic mass is 127. The number of alkyl halides is 3. The summed E-state index contributed by atoms with van der Waals surface area (Å²) in [4.78, 5) is 7.59. The van der Waals surface area contributed by atoms with Crippen molar-refractivity contribution in [3.05, 3.63) is 23.9 Å². The summed E-state index contributed by atoms with van der Waals surface area (Å²) in [7, 11) is 0. The number of halogens is 4. The summed E-state index contributed by atoms with van der Waals surface area (Å²) >= 11 is 0. The Morgan fingerprint density at radius 2 is 2.14 bits per heavy atom. The first kappa shape index (κ1) is 19.7. The molecule has 0 saturated carbocycles. The summed E-state index contributed by atoms with van der Waals surface area (Å²) in [5, 5.41) is 2.82. The van der Waals surface area contributed by atoms with Gasteiger partial charge >= 0.3 is 6.18 Å². The van der Waals surface area contributed by atoms with Gasteiger partial charge in [-0.15, -0.1) is 24.0 Å². The maximum absolute atomic E-state index is 12.3. The number of hydrogen-bond donors (Lipinski definition) is 2. The van der Waals surface area contributed by atoms with Gasteiger partial charge in [0.2, 0.25) is 5.88 Å². The Hall–Kier alpha value is -1.26. The Kier molecular flexibility index (Phi) is 9.06. The Labute approximate surface area is 138 Å². The van der Waals surface area contributed by atoms with E-state index in [1.807, 2.05) is 6.92 Å². The first-order chi connectivity index (χ1) is 9.43. The van der Waals surface area contributed by atoms with Crippen molar-refractivity contribution in [1.82, 2.24) is 10.3 Å². The maximum atomic E-state index is 12.3. The fraction of sp³-hybridized carbons (Fsp3) is 0.500. The van der Waals surface area contributed by atoms with E-state index >= 15 is 0 Å². The van der Waals surface area contributed by atoms with E-state index in [-0.39, 0.29) is 36.5 Å². The largest absolute Gasteiger partial charge is 0.476 e. The van der Waals surface area contributed by atoms with Crippen LogP contribution in [0.4, 0.5) is 13.2 Å². The molecule has 0 unspecified atom stereocenters. The van der Waals surface area contributed by atoms with Crippen molar-refractivity contribution in [3.8, 4) is 5.88 Å². The minimum absolute atomic E-state index is 0. The van der Waals surface area contributed by atoms with Crippen molar-refractivity contribution in [3.63, 3.8) is 0 Å². The number of guanidine groups is 1. The van der Waals surface area contributed by atoms with Gasteiger partial charge in [-0.2, -0.15) is 13.2 Å². The first-order valence-electron chi connectivity index (χ1n) is 6.13. The summed E-state index contributed by atoms with van der Waals surface area (Å²) in [5.41, 5.74) is 4.74. The summed E-state index contributed by atoms with van der Waals surface area (Å²) in [5.74, 6) is 0.444. The highest BCUT2D eigenvalue weighted by Crippen LogP contribution is 2.29. The van der Waals surface area contributed by atoms with Gasteiger partial charge in [-0.1, -0.05) is 6.92 Å². The average molecular weight is 418 g/mol. The van der Waals surface area contributed by atoms with E-state index in [0.29, 0.717) is 19.0 Å². The molecule has 3 N–H and O–H groups in total. The van der Waals surface area contributed by atoms with Crippen LogP contribution in [0.5, 0.6) is 5.88 Å². The van der Waals surface area contributed by atoms with Gasteiger partial charge < -0.3 is 15.8 Å². The Balaban J connectivity index is 0.00000400. The third kappa shape index (κ3) is 7.93. The van der Waals surface area contributed by atoms with Gasteiger partial charge in [0.05, 0.1) is 12.1 Å². The fourth-order valence-corrected chi connectivity index (χ4v) is 1.26. The molecule has 1 heterocycles. The van der Waals surface area contributed by atoms with E-state index in [9.17, 15) is 13.2 Å². The van der Waals surface area contributed by atoms with Gasteiger partial charge in [-0.25, -0.2) is 4.98 Å². The zero-order chi connectivity index (χ0) is 15.0. The molecule has 0 bridgehead atoms. The van der Waals surface area contributed by atoms with E-state index in [4.69, 9.17) is 10.5 Å². The lowest BCUT2D eigenvalue weighted by Gasteiger charge is -2.09. The van der Waals surface area contributed by atoms with Gasteiger partial charge in [0.25, 0.3) is 0 Å². The molecule has 0 spiro atoms. The average Bonchev–Trinajstić information content (AvgIpc) is 2.41. The van der Waals surface area contributed by atoms with Gasteiger partial charge in [0.15, 0.2) is 5.96 Å². The Bertz CT molecular complexity index is 437. The summed E-state index contributed by atoms with van der Waals surface area (Å²) in [6.45, 7) is 3.23. The molecule has 0 saturated heterocycles. The molecular weight excluding hydrogens is 400 g/mol. The molecule has 0 aromatic carbocycles. The quantitative estimate of drug-likeness (QED) is 0.322. The smallest absolute Gasteiger partial charge is 0.417 e. The number of hydrogen-bond acceptors (Lipinski definition) is 3. The van der Waals surface area contributed by atoms with Crippen molar-refractivity contribution < 1.29 is 17.9 Å². The zero-order valence-electron chi connectivity index (χ0n) is 11.5. The van der Waals surface area contributed by atoms with Gasteiger partial charge in [-0.05, 0) is 12.5 Å². The van der Waals surface area contributed by atoms with Crippen LogP contribution in [-0.2, 0) is 6.18 Å². The number of nitrogens with two attached hydrogens (primary N) is 1. The molecule has 5 nitrogen and oxygen atoms in total. The predicted octanol–water partition coefficient (Wildman–Crippen LogP) is 2.41. The number of aliphatic imine (C=N–C) groups is 1. The van der Waals surface area contributed by atoms with E-state index in [1.54, 1.807) is 0 Å². The lowest BCUT2D eigenvalue weighted by Crippen LogP contribution is -2.34. The minimum atomic E-state index is -4.39. The molecule has 0 aliphatic carbocycles. The molecule has 0 amide bonds. The molecule has 0 fully saturated rings. The van der Waals surface area contributed by atoms with E-state index < -0.39 is 11.7 Å². The second kappa shape index (κ2) is 9.64. The summed E-state index contributed by atoms with van der Waals surface area (Å²) < 4.78 is 42.1. The molecule has 1 rings (SSSR count). The molecule has 0 aliphatic heterocycles. The molecule has 120 valence electrons. The normalized spacial score (nSPS) is 11.7. The molecule has 0 radical (unpaired) electrons. The molecule has 1 aromatic heterocycles. The zero-order valence-corrected chi connectivity index (χ0v) is 13.8. The molecule has 1 aromatic rings. The van der Waals surface area contributed by atoms with Crippen molar-refractivity contribution in [2.75, 3.05) is 19.7 Å². The van der Waals surface area contributed by atoms with Crippen LogP contribution < -0.4 is 15.8 Å². The highest BCUT2D eigenvalue weighted by Gasteiger charge is 2.30. The number of nitrogens with one attached hydrogen (secondary N) is 1. The third-order valence-electron chi connectivity index (χ3n) is 2.23. The number of nitrogens with zero attached hydrogens (tertiary/aromatic N) is 2. The SMILES string of the molecule is CCCN=C(N)NCCOc1ccc(C(F)(F)F)cn1.I. The van der Waals surface area contributed by atoms with Gasteiger partial charge in [-0.3, -0.25) is 4.99 Å². The van der Waals surface area contributed by atoms with E-state index in [0.717, 1.165) is 18.7 Å². The minimum Gasteiger partial charge on any atom is -0.476 e. The monoisotopic (exact) mass is 418 g/mol. The third-order valence-corrected chi connectivity index (χ3v) is 2.23. The van der Waals surface area contributed by atoms with Crippen LogP contribution in [0.25, 0.3) is 0 Å². The Morgan fingerprint density at radius 1 is 1.43 bits per heavy atom. The van der Waals surface area contributed by atoms with Crippen LogP contribution in [0.2, 0.25) is 0 Å². The molecule has 0 aliphatic rings. The second-order valence-corrected chi connectivity index (χ2v) is 3.93. The van der Waals surface area contributed by atoms with Crippen LogP contribution in [0.3, 0.4) is 0 Å². The maximum Gasteiger partial charge on any atom is 0.417 e. The van der Waals surface area contributed by atoms with Crippen LogP contribution >= 0.6 is 24.0 Å². The van der Waals surface area contributed by atoms with E-state index in [2.05, 4.69) is 15.3 Å². The van der Waals surface area contributed by atoms with Crippen LogP contribution in [0.15, 0.2) is 23.3 Å². The van der Waals surface area contributed by atoms with Gasteiger partial charge in [0, 0.05) is 18.8 Å². The number of aromatic nitrogens is 1.